The molecule has 0 atom stereocenters. The number of nitrogens with zero attached hydrogens (tertiary/aromatic N) is 1. The van der Waals surface area contributed by atoms with Gasteiger partial charge in [0.1, 0.15) is 24.0 Å². The molecule has 0 unspecified atom stereocenters. The summed E-state index contributed by atoms with van der Waals surface area (Å²) in [6.45, 7) is 5.26. The number of halogens is 2. The van der Waals surface area contributed by atoms with Crippen LogP contribution in [-0.4, -0.2) is 11.2 Å². The molecular formula is C16H15F2NO2. The molecule has 0 fully saturated rings. The van der Waals surface area contributed by atoms with Crippen molar-refractivity contribution in [3.05, 3.63) is 64.5 Å². The number of hydrogen-bond acceptors (Lipinski definition) is 2. The fourth-order valence-corrected chi connectivity index (χ4v) is 2.05. The van der Waals surface area contributed by atoms with Gasteiger partial charge in [-0.3, -0.25) is 4.79 Å². The Hall–Kier alpha value is -2.43. The second-order valence-corrected chi connectivity index (χ2v) is 4.63. The van der Waals surface area contributed by atoms with Crippen molar-refractivity contribution in [2.75, 3.05) is 6.61 Å². The van der Waals surface area contributed by atoms with Gasteiger partial charge in [-0.25, -0.2) is 8.78 Å². The minimum atomic E-state index is -0.784. The normalized spacial score (nSPS) is 10.5. The third-order valence-corrected chi connectivity index (χ3v) is 3.13. The van der Waals surface area contributed by atoms with Gasteiger partial charge in [0.05, 0.1) is 11.3 Å². The third-order valence-electron chi connectivity index (χ3n) is 3.13. The van der Waals surface area contributed by atoms with Crippen LogP contribution in [0.1, 0.15) is 5.56 Å². The summed E-state index contributed by atoms with van der Waals surface area (Å²) in [5.41, 5.74) is 0.141. The molecule has 1 aromatic heterocycles. The molecule has 0 amide bonds. The van der Waals surface area contributed by atoms with Crippen molar-refractivity contribution in [2.24, 2.45) is 7.05 Å². The van der Waals surface area contributed by atoms with Crippen molar-refractivity contribution in [3.8, 4) is 17.0 Å². The highest BCUT2D eigenvalue weighted by molar-refractivity contribution is 5.62. The Labute approximate surface area is 121 Å². The maximum absolute atomic E-state index is 14.2. The van der Waals surface area contributed by atoms with Crippen molar-refractivity contribution in [1.82, 2.24) is 4.57 Å². The van der Waals surface area contributed by atoms with E-state index in [9.17, 15) is 13.6 Å². The summed E-state index contributed by atoms with van der Waals surface area (Å²) < 4.78 is 34.7. The summed E-state index contributed by atoms with van der Waals surface area (Å²) in [5, 5.41) is 0. The van der Waals surface area contributed by atoms with Gasteiger partial charge in [0.25, 0.3) is 5.56 Å². The van der Waals surface area contributed by atoms with E-state index >= 15 is 0 Å². The van der Waals surface area contributed by atoms with Gasteiger partial charge >= 0.3 is 0 Å². The number of pyridine rings is 1. The standard InChI is InChI=1S/C16H15F2NO2/c1-4-7-21-11-8-12(17)15(13(18)9-11)14-6-5-10(2)16(20)19(14)3/h4-6,8-9H,1,7H2,2-3H3. The molecule has 0 aliphatic rings. The largest absolute Gasteiger partial charge is 0.489 e. The molecule has 2 rings (SSSR count). The van der Waals surface area contributed by atoms with Crippen LogP contribution >= 0.6 is 0 Å². The van der Waals surface area contributed by atoms with Crippen LogP contribution in [0.5, 0.6) is 5.75 Å². The first-order valence-corrected chi connectivity index (χ1v) is 6.35. The van der Waals surface area contributed by atoms with Crippen LogP contribution in [0.2, 0.25) is 0 Å². The summed E-state index contributed by atoms with van der Waals surface area (Å²) in [5.74, 6) is -1.49. The molecule has 2 aromatic rings. The van der Waals surface area contributed by atoms with Crippen molar-refractivity contribution >= 4 is 0 Å². The maximum atomic E-state index is 14.2. The first kappa shape index (κ1) is 15.0. The van der Waals surface area contributed by atoms with E-state index in [4.69, 9.17) is 4.74 Å². The van der Waals surface area contributed by atoms with E-state index in [-0.39, 0.29) is 29.2 Å². The van der Waals surface area contributed by atoms with Crippen molar-refractivity contribution in [3.63, 3.8) is 0 Å². The van der Waals surface area contributed by atoms with Crippen LogP contribution in [-0.2, 0) is 7.05 Å². The van der Waals surface area contributed by atoms with Crippen molar-refractivity contribution in [2.45, 2.75) is 6.92 Å². The zero-order valence-corrected chi connectivity index (χ0v) is 11.8. The van der Waals surface area contributed by atoms with Crippen molar-refractivity contribution in [1.29, 1.82) is 0 Å². The molecule has 3 nitrogen and oxygen atoms in total. The van der Waals surface area contributed by atoms with E-state index in [1.54, 1.807) is 13.0 Å². The lowest BCUT2D eigenvalue weighted by atomic mass is 10.1. The van der Waals surface area contributed by atoms with Gasteiger partial charge < -0.3 is 9.30 Å². The minimum Gasteiger partial charge on any atom is -0.489 e. The van der Waals surface area contributed by atoms with Crippen molar-refractivity contribution < 1.29 is 13.5 Å². The maximum Gasteiger partial charge on any atom is 0.253 e. The van der Waals surface area contributed by atoms with E-state index in [0.29, 0.717) is 5.56 Å². The summed E-state index contributed by atoms with van der Waals surface area (Å²) in [6.07, 6.45) is 1.48. The molecule has 0 saturated heterocycles. The quantitative estimate of drug-likeness (QED) is 0.810. The highest BCUT2D eigenvalue weighted by Crippen LogP contribution is 2.29. The Morgan fingerprint density at radius 1 is 1.29 bits per heavy atom. The second-order valence-electron chi connectivity index (χ2n) is 4.63. The van der Waals surface area contributed by atoms with Crippen LogP contribution in [0.25, 0.3) is 11.3 Å². The van der Waals surface area contributed by atoms with Gasteiger partial charge in [0.2, 0.25) is 0 Å². The lowest BCUT2D eigenvalue weighted by Gasteiger charge is -2.12. The molecule has 1 aromatic carbocycles. The van der Waals surface area contributed by atoms with Gasteiger partial charge in [-0.1, -0.05) is 18.7 Å². The van der Waals surface area contributed by atoms with Gasteiger partial charge in [0, 0.05) is 24.7 Å². The zero-order valence-electron chi connectivity index (χ0n) is 11.8. The Bertz CT molecular complexity index is 727. The van der Waals surface area contributed by atoms with E-state index in [2.05, 4.69) is 6.58 Å². The first-order chi connectivity index (χ1) is 9.95. The lowest BCUT2D eigenvalue weighted by molar-refractivity contribution is 0.358. The summed E-state index contributed by atoms with van der Waals surface area (Å²) >= 11 is 0. The number of ether oxygens (including phenoxy) is 1. The number of aromatic nitrogens is 1. The SMILES string of the molecule is C=CCOc1cc(F)c(-c2ccc(C)c(=O)n2C)c(F)c1. The molecule has 0 saturated carbocycles. The number of aryl methyl sites for hydroxylation is 1. The predicted octanol–water partition coefficient (Wildman–Crippen LogP) is 3.20. The molecule has 21 heavy (non-hydrogen) atoms. The summed E-state index contributed by atoms with van der Waals surface area (Å²) in [4.78, 5) is 11.9. The molecule has 1 heterocycles. The van der Waals surface area contributed by atoms with E-state index in [1.807, 2.05) is 0 Å². The Balaban J connectivity index is 2.58. The Morgan fingerprint density at radius 3 is 2.48 bits per heavy atom. The average Bonchev–Trinajstić information content (AvgIpc) is 2.44. The molecule has 0 spiro atoms. The van der Waals surface area contributed by atoms with E-state index in [1.165, 1.54) is 23.8 Å². The Kier molecular flexibility index (Phi) is 4.21. The summed E-state index contributed by atoms with van der Waals surface area (Å²) in [6, 6.07) is 5.24. The molecule has 5 heteroatoms. The molecule has 0 N–H and O–H groups in total. The average molecular weight is 291 g/mol. The topological polar surface area (TPSA) is 31.2 Å². The zero-order chi connectivity index (χ0) is 15.6. The molecule has 0 radical (unpaired) electrons. The number of benzene rings is 1. The first-order valence-electron chi connectivity index (χ1n) is 6.35. The van der Waals surface area contributed by atoms with Crippen LogP contribution in [0.15, 0.2) is 41.7 Å². The van der Waals surface area contributed by atoms with Crippen LogP contribution in [0.4, 0.5) is 8.78 Å². The van der Waals surface area contributed by atoms with Gasteiger partial charge in [0.15, 0.2) is 0 Å². The molecular weight excluding hydrogens is 276 g/mol. The highest BCUT2D eigenvalue weighted by Gasteiger charge is 2.17. The molecule has 0 bridgehead atoms. The Morgan fingerprint density at radius 2 is 1.90 bits per heavy atom. The second kappa shape index (κ2) is 5.91. The van der Waals surface area contributed by atoms with Gasteiger partial charge in [-0.05, 0) is 13.0 Å². The fraction of sp³-hybridized carbons (Fsp3) is 0.188. The smallest absolute Gasteiger partial charge is 0.253 e. The van der Waals surface area contributed by atoms with Gasteiger partial charge in [-0.15, -0.1) is 0 Å². The third kappa shape index (κ3) is 2.86. The van der Waals surface area contributed by atoms with Gasteiger partial charge in [-0.2, -0.15) is 0 Å². The number of rotatable bonds is 4. The molecule has 0 aliphatic heterocycles. The van der Waals surface area contributed by atoms with Crippen LogP contribution < -0.4 is 10.3 Å². The van der Waals surface area contributed by atoms with E-state index < -0.39 is 11.6 Å². The summed E-state index contributed by atoms with van der Waals surface area (Å²) in [7, 11) is 1.48. The van der Waals surface area contributed by atoms with E-state index in [0.717, 1.165) is 12.1 Å². The van der Waals surface area contributed by atoms with Crippen LogP contribution in [0, 0.1) is 18.6 Å². The monoisotopic (exact) mass is 291 g/mol. The minimum absolute atomic E-state index is 0.0748. The molecule has 0 aliphatic carbocycles. The highest BCUT2D eigenvalue weighted by atomic mass is 19.1. The molecule has 110 valence electrons. The number of hydrogen-bond donors (Lipinski definition) is 0. The van der Waals surface area contributed by atoms with Crippen LogP contribution in [0.3, 0.4) is 0 Å². The fourth-order valence-electron chi connectivity index (χ4n) is 2.05. The lowest BCUT2D eigenvalue weighted by Crippen LogP contribution is -2.20. The predicted molar refractivity (Wildman–Crippen MR) is 77.5 cm³/mol.